The number of hydrogen-bond donors (Lipinski definition) is 6. The summed E-state index contributed by atoms with van der Waals surface area (Å²) in [6, 6.07) is 5.84. The quantitative estimate of drug-likeness (QED) is 0.253. The lowest BCUT2D eigenvalue weighted by Crippen LogP contribution is -2.47. The maximum absolute atomic E-state index is 12.6. The summed E-state index contributed by atoms with van der Waals surface area (Å²) < 4.78 is 6.35. The Morgan fingerprint density at radius 2 is 1.97 bits per heavy atom. The van der Waals surface area contributed by atoms with Gasteiger partial charge in [-0.25, -0.2) is 4.79 Å². The van der Waals surface area contributed by atoms with Crippen molar-refractivity contribution in [1.82, 2.24) is 20.2 Å². The highest BCUT2D eigenvalue weighted by Crippen LogP contribution is 2.29. The number of benzene rings is 1. The molecule has 1 unspecified atom stereocenters. The Bertz CT molecular complexity index is 1160. The number of likely N-dealkylation sites (N-methyl/N-ethyl adjacent to an activating group) is 1. The standard InChI is InChI=1S/C22H28N4O8/c1-3-23-20(32)15(24-11(2)28)8-12-5-4-6-13(7-12)14-9-26(22(33)25-19(14)31)21-18(30)17(29)16(10-27)34-21/h4-7,9,15-18,21,27,29-30H,3,8,10H2,1-2H3,(H,23,32)(H,24,28)(H,25,31,33)/t15?,16-,17-,18-,21-/m1/s1. The minimum absolute atomic E-state index is 0.0771. The SMILES string of the molecule is CCNC(=O)C(Cc1cccc(-c2cn([C@@H]3O[C@H](CO)[C@@H](O)[C@H]3O)c(=O)[nH]c2=O)c1)NC(C)=O. The number of H-pyrrole nitrogens is 1. The number of ether oxygens (including phenoxy) is 1. The van der Waals surface area contributed by atoms with E-state index >= 15 is 0 Å². The summed E-state index contributed by atoms with van der Waals surface area (Å²) in [4.78, 5) is 51.0. The second-order valence-corrected chi connectivity index (χ2v) is 7.99. The zero-order valence-electron chi connectivity index (χ0n) is 18.7. The highest BCUT2D eigenvalue weighted by Gasteiger charge is 2.43. The average molecular weight is 476 g/mol. The Balaban J connectivity index is 1.95. The highest BCUT2D eigenvalue weighted by molar-refractivity contribution is 5.87. The number of aromatic amines is 1. The Morgan fingerprint density at radius 1 is 1.24 bits per heavy atom. The largest absolute Gasteiger partial charge is 0.394 e. The molecule has 1 fully saturated rings. The molecule has 1 saturated heterocycles. The van der Waals surface area contributed by atoms with E-state index in [2.05, 4.69) is 15.6 Å². The van der Waals surface area contributed by atoms with E-state index in [0.29, 0.717) is 17.7 Å². The van der Waals surface area contributed by atoms with Crippen molar-refractivity contribution < 1.29 is 29.6 Å². The van der Waals surface area contributed by atoms with E-state index in [9.17, 15) is 34.5 Å². The lowest BCUT2D eigenvalue weighted by molar-refractivity contribution is -0.128. The number of hydrogen-bond acceptors (Lipinski definition) is 8. The van der Waals surface area contributed by atoms with Crippen molar-refractivity contribution in [1.29, 1.82) is 0 Å². The molecular weight excluding hydrogens is 448 g/mol. The molecule has 3 rings (SSSR count). The smallest absolute Gasteiger partial charge is 0.330 e. The Kier molecular flexibility index (Phi) is 7.99. The van der Waals surface area contributed by atoms with Gasteiger partial charge in [-0.3, -0.25) is 23.9 Å². The van der Waals surface area contributed by atoms with Gasteiger partial charge in [0, 0.05) is 26.1 Å². The molecule has 184 valence electrons. The number of aliphatic hydroxyl groups is 3. The predicted octanol–water partition coefficient (Wildman–Crippen LogP) is -2.00. The highest BCUT2D eigenvalue weighted by atomic mass is 16.6. The number of aliphatic hydroxyl groups excluding tert-OH is 3. The number of rotatable bonds is 8. The molecule has 0 saturated carbocycles. The number of nitrogens with one attached hydrogen (secondary N) is 3. The van der Waals surface area contributed by atoms with Crippen molar-refractivity contribution in [3.63, 3.8) is 0 Å². The monoisotopic (exact) mass is 476 g/mol. The van der Waals surface area contributed by atoms with Crippen molar-refractivity contribution >= 4 is 11.8 Å². The molecule has 12 nitrogen and oxygen atoms in total. The summed E-state index contributed by atoms with van der Waals surface area (Å²) in [5.74, 6) is -0.715. The fourth-order valence-corrected chi connectivity index (χ4v) is 3.84. The first-order chi connectivity index (χ1) is 16.2. The van der Waals surface area contributed by atoms with Gasteiger partial charge in [-0.15, -0.1) is 0 Å². The van der Waals surface area contributed by atoms with Gasteiger partial charge in [0.05, 0.1) is 12.2 Å². The van der Waals surface area contributed by atoms with Crippen LogP contribution in [0.5, 0.6) is 0 Å². The average Bonchev–Trinajstić information content (AvgIpc) is 3.07. The van der Waals surface area contributed by atoms with E-state index in [1.165, 1.54) is 13.1 Å². The van der Waals surface area contributed by atoms with Crippen LogP contribution in [0.1, 0.15) is 25.6 Å². The van der Waals surface area contributed by atoms with Gasteiger partial charge in [0.15, 0.2) is 6.23 Å². The van der Waals surface area contributed by atoms with E-state index in [0.717, 1.165) is 4.57 Å². The summed E-state index contributed by atoms with van der Waals surface area (Å²) in [6.45, 7) is 2.90. The molecule has 0 bridgehead atoms. The van der Waals surface area contributed by atoms with Crippen LogP contribution in [-0.4, -0.2) is 74.2 Å². The van der Waals surface area contributed by atoms with Gasteiger partial charge in [-0.1, -0.05) is 24.3 Å². The van der Waals surface area contributed by atoms with Crippen molar-refractivity contribution in [2.45, 2.75) is 50.8 Å². The molecule has 1 aliphatic rings. The molecule has 0 radical (unpaired) electrons. The Labute approximate surface area is 194 Å². The van der Waals surface area contributed by atoms with Crippen LogP contribution in [0.25, 0.3) is 11.1 Å². The Hall–Kier alpha value is -3.32. The molecule has 0 aliphatic carbocycles. The molecule has 0 spiro atoms. The van der Waals surface area contributed by atoms with E-state index in [1.807, 2.05) is 0 Å². The normalized spacial score (nSPS) is 22.9. The van der Waals surface area contributed by atoms with Crippen LogP contribution in [0.15, 0.2) is 40.1 Å². The van der Waals surface area contributed by atoms with E-state index in [1.54, 1.807) is 31.2 Å². The van der Waals surface area contributed by atoms with Crippen LogP contribution in [0.3, 0.4) is 0 Å². The Morgan fingerprint density at radius 3 is 2.59 bits per heavy atom. The van der Waals surface area contributed by atoms with E-state index in [4.69, 9.17) is 4.74 Å². The van der Waals surface area contributed by atoms with Crippen LogP contribution < -0.4 is 21.9 Å². The molecule has 1 aliphatic heterocycles. The number of aromatic nitrogens is 2. The fraction of sp³-hybridized carbons (Fsp3) is 0.455. The van der Waals surface area contributed by atoms with Gasteiger partial charge < -0.3 is 30.7 Å². The van der Waals surface area contributed by atoms with Gasteiger partial charge in [0.25, 0.3) is 5.56 Å². The minimum atomic E-state index is -1.50. The third-order valence-corrected chi connectivity index (χ3v) is 5.48. The summed E-state index contributed by atoms with van der Waals surface area (Å²) in [7, 11) is 0. The van der Waals surface area contributed by atoms with Crippen molar-refractivity contribution in [3.05, 3.63) is 56.9 Å². The second-order valence-electron chi connectivity index (χ2n) is 7.99. The number of nitrogens with zero attached hydrogens (tertiary/aromatic N) is 1. The molecular formula is C22H28N4O8. The lowest BCUT2D eigenvalue weighted by atomic mass is 10.00. The minimum Gasteiger partial charge on any atom is -0.394 e. The molecule has 2 amide bonds. The second kappa shape index (κ2) is 10.7. The summed E-state index contributed by atoms with van der Waals surface area (Å²) >= 11 is 0. The number of carbonyl (C=O) groups excluding carboxylic acids is 2. The topological polar surface area (TPSA) is 183 Å². The summed E-state index contributed by atoms with van der Waals surface area (Å²) in [5, 5.41) is 34.8. The van der Waals surface area contributed by atoms with Crippen LogP contribution in [0.4, 0.5) is 0 Å². The van der Waals surface area contributed by atoms with Crippen LogP contribution in [0.2, 0.25) is 0 Å². The summed E-state index contributed by atoms with van der Waals surface area (Å²) in [5.41, 5.74) is -0.411. The molecule has 34 heavy (non-hydrogen) atoms. The molecule has 2 aromatic rings. The van der Waals surface area contributed by atoms with Gasteiger partial charge in [0.2, 0.25) is 11.8 Å². The predicted molar refractivity (Wildman–Crippen MR) is 120 cm³/mol. The number of amides is 2. The first kappa shape index (κ1) is 25.3. The molecule has 2 heterocycles. The third-order valence-electron chi connectivity index (χ3n) is 5.48. The number of carbonyl (C=O) groups is 2. The molecule has 6 N–H and O–H groups in total. The van der Waals surface area contributed by atoms with Crippen molar-refractivity contribution in [2.24, 2.45) is 0 Å². The molecule has 1 aromatic carbocycles. The zero-order valence-corrected chi connectivity index (χ0v) is 18.7. The van der Waals surface area contributed by atoms with E-state index in [-0.39, 0.29) is 23.8 Å². The van der Waals surface area contributed by atoms with Gasteiger partial charge >= 0.3 is 5.69 Å². The first-order valence-electron chi connectivity index (χ1n) is 10.8. The van der Waals surface area contributed by atoms with Crippen LogP contribution in [-0.2, 0) is 20.7 Å². The fourth-order valence-electron chi connectivity index (χ4n) is 3.84. The van der Waals surface area contributed by atoms with Gasteiger partial charge in [-0.2, -0.15) is 0 Å². The summed E-state index contributed by atoms with van der Waals surface area (Å²) in [6.07, 6.45) is -3.97. The van der Waals surface area contributed by atoms with Crippen molar-refractivity contribution in [2.75, 3.05) is 13.2 Å². The van der Waals surface area contributed by atoms with E-state index < -0.39 is 48.4 Å². The van der Waals surface area contributed by atoms with Crippen LogP contribution in [0, 0.1) is 0 Å². The van der Waals surface area contributed by atoms with Crippen LogP contribution >= 0.6 is 0 Å². The molecule has 1 aromatic heterocycles. The lowest BCUT2D eigenvalue weighted by Gasteiger charge is -2.19. The molecule has 5 atom stereocenters. The maximum atomic E-state index is 12.6. The zero-order chi connectivity index (χ0) is 25.0. The maximum Gasteiger partial charge on any atom is 0.330 e. The molecule has 12 heteroatoms. The van der Waals surface area contributed by atoms with Crippen molar-refractivity contribution in [3.8, 4) is 11.1 Å². The first-order valence-corrected chi connectivity index (χ1v) is 10.8. The third kappa shape index (κ3) is 5.42. The van der Waals surface area contributed by atoms with Gasteiger partial charge in [-0.05, 0) is 18.1 Å². The van der Waals surface area contributed by atoms with Gasteiger partial charge in [0.1, 0.15) is 24.4 Å².